The maximum absolute atomic E-state index is 4.29. The van der Waals surface area contributed by atoms with E-state index in [1.165, 1.54) is 0 Å². The zero-order valence-electron chi connectivity index (χ0n) is 12.0. The van der Waals surface area contributed by atoms with E-state index in [0.717, 1.165) is 18.9 Å². The van der Waals surface area contributed by atoms with Gasteiger partial charge >= 0.3 is 0 Å². The Morgan fingerprint density at radius 3 is 2.47 bits per heavy atom. The number of hydrogen-bond donors (Lipinski definition) is 1. The molecule has 1 heterocycles. The topological polar surface area (TPSA) is 42.7 Å². The summed E-state index contributed by atoms with van der Waals surface area (Å²) in [4.78, 5) is 4.29. The molecule has 0 bridgehead atoms. The minimum atomic E-state index is 0.346. The van der Waals surface area contributed by atoms with Crippen LogP contribution in [0.1, 0.15) is 53.4 Å². The SMILES string of the molecule is CC(C)n1ncnc1CNCC(C)C(C)(C)C. The van der Waals surface area contributed by atoms with Gasteiger partial charge in [-0.15, -0.1) is 0 Å². The van der Waals surface area contributed by atoms with Gasteiger partial charge in [-0.2, -0.15) is 5.10 Å². The first-order valence-electron chi connectivity index (χ1n) is 6.41. The molecule has 1 N–H and O–H groups in total. The molecule has 4 nitrogen and oxygen atoms in total. The Morgan fingerprint density at radius 1 is 1.29 bits per heavy atom. The number of nitrogens with zero attached hydrogens (tertiary/aromatic N) is 3. The first-order valence-corrected chi connectivity index (χ1v) is 6.41. The molecule has 0 spiro atoms. The summed E-state index contributed by atoms with van der Waals surface area (Å²) >= 11 is 0. The van der Waals surface area contributed by atoms with E-state index < -0.39 is 0 Å². The summed E-state index contributed by atoms with van der Waals surface area (Å²) in [5.74, 6) is 1.65. The lowest BCUT2D eigenvalue weighted by Gasteiger charge is -2.27. The average molecular weight is 238 g/mol. The second-order valence-corrected chi connectivity index (χ2v) is 6.11. The van der Waals surface area contributed by atoms with Crippen LogP contribution in [0.4, 0.5) is 0 Å². The standard InChI is InChI=1S/C13H26N4/c1-10(2)17-12(15-9-16-17)8-14-7-11(3)13(4,5)6/h9-11,14H,7-8H2,1-6H3. The summed E-state index contributed by atoms with van der Waals surface area (Å²) < 4.78 is 1.97. The molecule has 0 saturated heterocycles. The predicted molar refractivity (Wildman–Crippen MR) is 70.7 cm³/mol. The van der Waals surface area contributed by atoms with Crippen molar-refractivity contribution in [1.82, 2.24) is 20.1 Å². The monoisotopic (exact) mass is 238 g/mol. The molecule has 4 heteroatoms. The van der Waals surface area contributed by atoms with Crippen LogP contribution < -0.4 is 5.32 Å². The number of rotatable bonds is 5. The van der Waals surface area contributed by atoms with Gasteiger partial charge in [0.25, 0.3) is 0 Å². The molecule has 98 valence electrons. The van der Waals surface area contributed by atoms with Gasteiger partial charge in [0.15, 0.2) is 0 Å². The molecular formula is C13H26N4. The smallest absolute Gasteiger partial charge is 0.141 e. The molecule has 0 saturated carbocycles. The van der Waals surface area contributed by atoms with E-state index in [0.29, 0.717) is 17.4 Å². The van der Waals surface area contributed by atoms with Crippen molar-refractivity contribution in [3.63, 3.8) is 0 Å². The third-order valence-corrected chi connectivity index (χ3v) is 3.35. The van der Waals surface area contributed by atoms with E-state index >= 15 is 0 Å². The van der Waals surface area contributed by atoms with E-state index in [1.54, 1.807) is 6.33 Å². The van der Waals surface area contributed by atoms with Gasteiger partial charge in [-0.05, 0) is 31.7 Å². The van der Waals surface area contributed by atoms with Gasteiger partial charge in [0, 0.05) is 6.04 Å². The molecule has 0 aromatic carbocycles. The maximum atomic E-state index is 4.29. The third kappa shape index (κ3) is 4.11. The van der Waals surface area contributed by atoms with E-state index in [4.69, 9.17) is 0 Å². The molecular weight excluding hydrogens is 212 g/mol. The van der Waals surface area contributed by atoms with Gasteiger partial charge in [0.05, 0.1) is 6.54 Å². The van der Waals surface area contributed by atoms with Crippen LogP contribution in [0.2, 0.25) is 0 Å². The molecule has 0 aliphatic carbocycles. The van der Waals surface area contributed by atoms with Crippen molar-refractivity contribution in [1.29, 1.82) is 0 Å². The van der Waals surface area contributed by atoms with Gasteiger partial charge in [0.1, 0.15) is 12.2 Å². The Bertz CT molecular complexity index is 335. The highest BCUT2D eigenvalue weighted by Gasteiger charge is 2.19. The largest absolute Gasteiger partial charge is 0.310 e. The molecule has 0 aliphatic heterocycles. The highest BCUT2D eigenvalue weighted by Crippen LogP contribution is 2.24. The highest BCUT2D eigenvalue weighted by molar-refractivity contribution is 4.86. The number of hydrogen-bond acceptors (Lipinski definition) is 3. The second kappa shape index (κ2) is 5.63. The summed E-state index contributed by atoms with van der Waals surface area (Å²) in [6, 6.07) is 0.370. The highest BCUT2D eigenvalue weighted by atomic mass is 15.3. The van der Waals surface area contributed by atoms with Crippen LogP contribution >= 0.6 is 0 Å². The molecule has 1 aromatic rings. The summed E-state index contributed by atoms with van der Waals surface area (Å²) in [6.07, 6.45) is 1.63. The normalized spacial score (nSPS) is 14.3. The van der Waals surface area contributed by atoms with Crippen LogP contribution in [-0.4, -0.2) is 21.3 Å². The Hall–Kier alpha value is -0.900. The molecule has 1 rings (SSSR count). The van der Waals surface area contributed by atoms with Gasteiger partial charge in [-0.1, -0.05) is 27.7 Å². The quantitative estimate of drug-likeness (QED) is 0.857. The molecule has 1 aromatic heterocycles. The van der Waals surface area contributed by atoms with E-state index in [-0.39, 0.29) is 0 Å². The minimum Gasteiger partial charge on any atom is -0.310 e. The lowest BCUT2D eigenvalue weighted by atomic mass is 9.82. The van der Waals surface area contributed by atoms with Gasteiger partial charge in [-0.3, -0.25) is 0 Å². The minimum absolute atomic E-state index is 0.346. The summed E-state index contributed by atoms with van der Waals surface area (Å²) in [5.41, 5.74) is 0.346. The molecule has 0 aliphatic rings. The van der Waals surface area contributed by atoms with Crippen molar-refractivity contribution in [3.8, 4) is 0 Å². The van der Waals surface area contributed by atoms with Crippen molar-refractivity contribution in [2.24, 2.45) is 11.3 Å². The van der Waals surface area contributed by atoms with Crippen molar-refractivity contribution < 1.29 is 0 Å². The van der Waals surface area contributed by atoms with Crippen LogP contribution in [0.15, 0.2) is 6.33 Å². The van der Waals surface area contributed by atoms with Crippen molar-refractivity contribution in [3.05, 3.63) is 12.2 Å². The molecule has 17 heavy (non-hydrogen) atoms. The predicted octanol–water partition coefficient (Wildman–Crippen LogP) is 2.63. The van der Waals surface area contributed by atoms with E-state index in [1.807, 2.05) is 4.68 Å². The fraction of sp³-hybridized carbons (Fsp3) is 0.846. The fourth-order valence-corrected chi connectivity index (χ4v) is 1.54. The van der Waals surface area contributed by atoms with Crippen molar-refractivity contribution in [2.45, 2.75) is 54.1 Å². The summed E-state index contributed by atoms with van der Waals surface area (Å²) in [5, 5.41) is 7.69. The Labute approximate surface area is 105 Å². The van der Waals surface area contributed by atoms with E-state index in [2.05, 4.69) is 56.9 Å². The van der Waals surface area contributed by atoms with Crippen LogP contribution in [0.25, 0.3) is 0 Å². The lowest BCUT2D eigenvalue weighted by Crippen LogP contribution is -2.30. The van der Waals surface area contributed by atoms with Crippen LogP contribution in [0, 0.1) is 11.3 Å². The van der Waals surface area contributed by atoms with Gasteiger partial charge in [0.2, 0.25) is 0 Å². The van der Waals surface area contributed by atoms with Gasteiger partial charge < -0.3 is 5.32 Å². The number of nitrogens with one attached hydrogen (secondary N) is 1. The molecule has 0 radical (unpaired) electrons. The molecule has 1 unspecified atom stereocenters. The van der Waals surface area contributed by atoms with Gasteiger partial charge in [-0.25, -0.2) is 9.67 Å². The van der Waals surface area contributed by atoms with Crippen molar-refractivity contribution >= 4 is 0 Å². The van der Waals surface area contributed by atoms with Crippen LogP contribution in [0.3, 0.4) is 0 Å². The maximum Gasteiger partial charge on any atom is 0.141 e. The molecule has 0 fully saturated rings. The fourth-order valence-electron chi connectivity index (χ4n) is 1.54. The first-order chi connectivity index (χ1) is 7.82. The van der Waals surface area contributed by atoms with Crippen LogP contribution in [0.5, 0.6) is 0 Å². The average Bonchev–Trinajstić information content (AvgIpc) is 2.64. The first kappa shape index (κ1) is 14.2. The summed E-state index contributed by atoms with van der Waals surface area (Å²) in [6.45, 7) is 15.1. The Kier molecular flexibility index (Phi) is 4.69. The third-order valence-electron chi connectivity index (χ3n) is 3.35. The Morgan fingerprint density at radius 2 is 1.94 bits per heavy atom. The number of aromatic nitrogens is 3. The summed E-state index contributed by atoms with van der Waals surface area (Å²) in [7, 11) is 0. The second-order valence-electron chi connectivity index (χ2n) is 6.11. The Balaban J connectivity index is 2.44. The van der Waals surface area contributed by atoms with E-state index in [9.17, 15) is 0 Å². The van der Waals surface area contributed by atoms with Crippen LogP contribution in [-0.2, 0) is 6.54 Å². The molecule has 0 amide bonds. The molecule has 1 atom stereocenters. The zero-order valence-corrected chi connectivity index (χ0v) is 12.0. The van der Waals surface area contributed by atoms with Crippen molar-refractivity contribution in [2.75, 3.05) is 6.54 Å². The lowest BCUT2D eigenvalue weighted by molar-refractivity contribution is 0.251. The zero-order chi connectivity index (χ0) is 13.1.